The maximum Gasteiger partial charge on any atom is 0.214 e. The summed E-state index contributed by atoms with van der Waals surface area (Å²) in [4.78, 5) is 20.1. The Morgan fingerprint density at radius 3 is 2.53 bits per heavy atom. The number of carbonyl (C=O) groups is 1. The van der Waals surface area contributed by atoms with E-state index < -0.39 is 0 Å². The number of fused-ring (bicyclic) bond motifs is 3. The number of hydrogen-bond acceptors (Lipinski definition) is 3. The topological polar surface area (TPSA) is 42.9 Å². The molecule has 0 bridgehead atoms. The van der Waals surface area contributed by atoms with Crippen LogP contribution in [0.5, 0.6) is 0 Å². The van der Waals surface area contributed by atoms with E-state index in [1.165, 1.54) is 6.20 Å². The van der Waals surface area contributed by atoms with Gasteiger partial charge in [0.1, 0.15) is 11.4 Å². The summed E-state index contributed by atoms with van der Waals surface area (Å²) >= 11 is 5.84. The third-order valence-electron chi connectivity index (χ3n) is 2.39. The van der Waals surface area contributed by atoms with Gasteiger partial charge in [-0.2, -0.15) is 0 Å². The number of aromatic nitrogens is 2. The Kier molecular flexibility index (Phi) is 1.64. The maximum atomic E-state index is 11.9. The fourth-order valence-electron chi connectivity index (χ4n) is 1.74. The lowest BCUT2D eigenvalue weighted by molar-refractivity contribution is 0.103. The van der Waals surface area contributed by atoms with E-state index in [-0.39, 0.29) is 5.78 Å². The number of carbonyl (C=O) groups excluding carboxylic acids is 1. The predicted molar refractivity (Wildman–Crippen MR) is 55.9 cm³/mol. The number of nitrogens with zero attached hydrogens (tertiary/aromatic N) is 2. The SMILES string of the molecule is O=C1c2cc(Cl)ccc2-c2nccnc21. The number of benzene rings is 1. The van der Waals surface area contributed by atoms with E-state index in [0.717, 1.165) is 5.56 Å². The summed E-state index contributed by atoms with van der Waals surface area (Å²) in [6.45, 7) is 0. The first-order valence-electron chi connectivity index (χ1n) is 4.43. The first-order valence-corrected chi connectivity index (χ1v) is 4.81. The summed E-state index contributed by atoms with van der Waals surface area (Å²) in [6.07, 6.45) is 3.10. The Hall–Kier alpha value is -1.74. The highest BCUT2D eigenvalue weighted by Gasteiger charge is 2.28. The van der Waals surface area contributed by atoms with E-state index in [0.29, 0.717) is 22.0 Å². The van der Waals surface area contributed by atoms with E-state index in [1.807, 2.05) is 0 Å². The van der Waals surface area contributed by atoms with Crippen molar-refractivity contribution < 1.29 is 4.79 Å². The second kappa shape index (κ2) is 2.87. The summed E-state index contributed by atoms with van der Waals surface area (Å²) in [5, 5.41) is 0.551. The molecule has 0 aliphatic heterocycles. The van der Waals surface area contributed by atoms with Gasteiger partial charge in [0.2, 0.25) is 5.78 Å². The highest BCUT2D eigenvalue weighted by atomic mass is 35.5. The minimum Gasteiger partial charge on any atom is -0.287 e. The van der Waals surface area contributed by atoms with Crippen molar-refractivity contribution in [2.24, 2.45) is 0 Å². The summed E-state index contributed by atoms with van der Waals surface area (Å²) in [5.74, 6) is -0.101. The molecule has 1 aliphatic carbocycles. The minimum absolute atomic E-state index is 0.101. The molecule has 2 aromatic rings. The summed E-state index contributed by atoms with van der Waals surface area (Å²) in [7, 11) is 0. The van der Waals surface area contributed by atoms with Gasteiger partial charge in [0.15, 0.2) is 0 Å². The van der Waals surface area contributed by atoms with Gasteiger partial charge >= 0.3 is 0 Å². The Morgan fingerprint density at radius 1 is 1.00 bits per heavy atom. The standard InChI is InChI=1S/C11H5ClN2O/c12-6-1-2-7-8(5-6)11(15)10-9(7)13-3-4-14-10/h1-5H. The van der Waals surface area contributed by atoms with Gasteiger partial charge in [-0.15, -0.1) is 0 Å². The van der Waals surface area contributed by atoms with E-state index in [2.05, 4.69) is 9.97 Å². The van der Waals surface area contributed by atoms with Gasteiger partial charge in [-0.3, -0.25) is 9.78 Å². The average molecular weight is 217 g/mol. The van der Waals surface area contributed by atoms with E-state index in [4.69, 9.17) is 11.6 Å². The number of rotatable bonds is 0. The van der Waals surface area contributed by atoms with Crippen LogP contribution in [-0.4, -0.2) is 15.8 Å². The van der Waals surface area contributed by atoms with Gasteiger partial charge in [-0.1, -0.05) is 17.7 Å². The third-order valence-corrected chi connectivity index (χ3v) is 2.63. The van der Waals surface area contributed by atoms with Gasteiger partial charge in [0.05, 0.1) is 0 Å². The molecule has 0 atom stereocenters. The molecule has 4 heteroatoms. The van der Waals surface area contributed by atoms with Crippen LogP contribution in [0, 0.1) is 0 Å². The highest BCUT2D eigenvalue weighted by Crippen LogP contribution is 2.34. The zero-order valence-electron chi connectivity index (χ0n) is 7.57. The maximum absolute atomic E-state index is 11.9. The van der Waals surface area contributed by atoms with Gasteiger partial charge in [0, 0.05) is 28.5 Å². The second-order valence-electron chi connectivity index (χ2n) is 3.27. The lowest BCUT2D eigenvalue weighted by atomic mass is 10.1. The smallest absolute Gasteiger partial charge is 0.214 e. The van der Waals surface area contributed by atoms with Crippen molar-refractivity contribution in [2.45, 2.75) is 0 Å². The zero-order chi connectivity index (χ0) is 10.4. The second-order valence-corrected chi connectivity index (χ2v) is 3.71. The van der Waals surface area contributed by atoms with Crippen molar-refractivity contribution in [2.75, 3.05) is 0 Å². The van der Waals surface area contributed by atoms with Crippen LogP contribution in [0.1, 0.15) is 16.1 Å². The number of ketones is 1. The van der Waals surface area contributed by atoms with Crippen LogP contribution in [-0.2, 0) is 0 Å². The van der Waals surface area contributed by atoms with Crippen LogP contribution in [0.15, 0.2) is 30.6 Å². The summed E-state index contributed by atoms with van der Waals surface area (Å²) in [5.41, 5.74) is 2.46. The average Bonchev–Trinajstić information content (AvgIpc) is 2.54. The largest absolute Gasteiger partial charge is 0.287 e. The molecule has 72 valence electrons. The van der Waals surface area contributed by atoms with Crippen molar-refractivity contribution in [1.82, 2.24) is 9.97 Å². The molecule has 1 aromatic carbocycles. The molecule has 0 N–H and O–H groups in total. The Morgan fingerprint density at radius 2 is 1.73 bits per heavy atom. The monoisotopic (exact) mass is 216 g/mol. The van der Waals surface area contributed by atoms with E-state index >= 15 is 0 Å². The predicted octanol–water partition coefficient (Wildman–Crippen LogP) is 2.34. The molecule has 0 saturated carbocycles. The van der Waals surface area contributed by atoms with Crippen LogP contribution in [0.2, 0.25) is 5.02 Å². The van der Waals surface area contributed by atoms with E-state index in [9.17, 15) is 4.79 Å². The third kappa shape index (κ3) is 1.10. The lowest BCUT2D eigenvalue weighted by Crippen LogP contribution is -1.98. The van der Waals surface area contributed by atoms with Crippen molar-refractivity contribution >= 4 is 17.4 Å². The molecule has 0 unspecified atom stereocenters. The van der Waals surface area contributed by atoms with Crippen LogP contribution in [0.4, 0.5) is 0 Å². The van der Waals surface area contributed by atoms with Gasteiger partial charge < -0.3 is 0 Å². The quantitative estimate of drug-likeness (QED) is 0.579. The summed E-state index contributed by atoms with van der Waals surface area (Å²) in [6, 6.07) is 5.20. The Balaban J connectivity index is 2.38. The summed E-state index contributed by atoms with van der Waals surface area (Å²) < 4.78 is 0. The zero-order valence-corrected chi connectivity index (χ0v) is 8.32. The molecule has 15 heavy (non-hydrogen) atoms. The normalized spacial score (nSPS) is 12.5. The molecule has 1 aromatic heterocycles. The molecule has 0 spiro atoms. The Bertz CT molecular complexity index is 581. The molecule has 3 rings (SSSR count). The molecular weight excluding hydrogens is 212 g/mol. The van der Waals surface area contributed by atoms with Crippen molar-refractivity contribution in [3.63, 3.8) is 0 Å². The van der Waals surface area contributed by atoms with Gasteiger partial charge in [-0.25, -0.2) is 4.98 Å². The first-order chi connectivity index (χ1) is 7.27. The Labute approximate surface area is 90.8 Å². The number of halogens is 1. The van der Waals surface area contributed by atoms with Crippen LogP contribution in [0.25, 0.3) is 11.3 Å². The van der Waals surface area contributed by atoms with Crippen LogP contribution in [0.3, 0.4) is 0 Å². The lowest BCUT2D eigenvalue weighted by Gasteiger charge is -1.97. The molecule has 1 aliphatic rings. The first kappa shape index (κ1) is 8.56. The van der Waals surface area contributed by atoms with Crippen LogP contribution < -0.4 is 0 Å². The molecule has 3 nitrogen and oxygen atoms in total. The molecular formula is C11H5ClN2O. The van der Waals surface area contributed by atoms with Gasteiger partial charge in [-0.05, 0) is 12.1 Å². The fourth-order valence-corrected chi connectivity index (χ4v) is 1.91. The van der Waals surface area contributed by atoms with Crippen molar-refractivity contribution in [1.29, 1.82) is 0 Å². The van der Waals surface area contributed by atoms with Crippen molar-refractivity contribution in [3.8, 4) is 11.3 Å². The van der Waals surface area contributed by atoms with Gasteiger partial charge in [0.25, 0.3) is 0 Å². The molecule has 1 heterocycles. The minimum atomic E-state index is -0.101. The molecule has 0 amide bonds. The van der Waals surface area contributed by atoms with Crippen molar-refractivity contribution in [3.05, 3.63) is 46.9 Å². The fraction of sp³-hybridized carbons (Fsp3) is 0. The molecule has 0 radical (unpaired) electrons. The number of hydrogen-bond donors (Lipinski definition) is 0. The highest BCUT2D eigenvalue weighted by molar-refractivity contribution is 6.32. The van der Waals surface area contributed by atoms with E-state index in [1.54, 1.807) is 24.4 Å². The van der Waals surface area contributed by atoms with Crippen LogP contribution >= 0.6 is 11.6 Å². The molecule has 0 fully saturated rings. The molecule has 0 saturated heterocycles.